The van der Waals surface area contributed by atoms with Crippen molar-refractivity contribution in [3.63, 3.8) is 0 Å². The lowest BCUT2D eigenvalue weighted by atomic mass is 9.76. The van der Waals surface area contributed by atoms with Crippen LogP contribution in [0.5, 0.6) is 0 Å². The number of benzene rings is 1. The SMILES string of the molecule is CNC(C(=O)NC(C(=O)N(C)C(/C=C(C)/C=N/NO)C(C)C)C(C)(C)C)C(C)(C)c1ccccc1. The Labute approximate surface area is 211 Å². The van der Waals surface area contributed by atoms with Crippen LogP contribution in [0.15, 0.2) is 47.1 Å². The zero-order chi connectivity index (χ0) is 27.0. The third kappa shape index (κ3) is 8.18. The van der Waals surface area contributed by atoms with Gasteiger partial charge in [-0.3, -0.25) is 14.8 Å². The van der Waals surface area contributed by atoms with Crippen LogP contribution in [0, 0.1) is 11.3 Å². The predicted octanol–water partition coefficient (Wildman–Crippen LogP) is 3.48. The van der Waals surface area contributed by atoms with E-state index in [0.29, 0.717) is 0 Å². The number of hydrogen-bond donors (Lipinski definition) is 4. The number of rotatable bonds is 11. The average Bonchev–Trinajstić information content (AvgIpc) is 2.78. The molecule has 0 heterocycles. The van der Waals surface area contributed by atoms with Crippen molar-refractivity contribution in [2.75, 3.05) is 14.1 Å². The van der Waals surface area contributed by atoms with E-state index in [1.165, 1.54) is 6.21 Å². The second kappa shape index (κ2) is 12.8. The summed E-state index contributed by atoms with van der Waals surface area (Å²) in [5.74, 6) is -0.275. The molecule has 8 heteroatoms. The Morgan fingerprint density at radius 1 is 1.06 bits per heavy atom. The molecular formula is C27H45N5O3. The third-order valence-corrected chi connectivity index (χ3v) is 6.43. The molecule has 0 radical (unpaired) electrons. The van der Waals surface area contributed by atoms with E-state index >= 15 is 0 Å². The van der Waals surface area contributed by atoms with Crippen molar-refractivity contribution < 1.29 is 14.8 Å². The molecule has 0 aliphatic heterocycles. The van der Waals surface area contributed by atoms with E-state index in [2.05, 4.69) is 15.7 Å². The number of carbonyl (C=O) groups excluding carboxylic acids is 2. The van der Waals surface area contributed by atoms with Gasteiger partial charge in [0.15, 0.2) is 0 Å². The summed E-state index contributed by atoms with van der Waals surface area (Å²) in [5.41, 5.74) is 2.56. The van der Waals surface area contributed by atoms with Gasteiger partial charge in [-0.05, 0) is 36.4 Å². The van der Waals surface area contributed by atoms with E-state index < -0.39 is 22.9 Å². The van der Waals surface area contributed by atoms with Crippen molar-refractivity contribution >= 4 is 18.0 Å². The largest absolute Gasteiger partial charge is 0.342 e. The van der Waals surface area contributed by atoms with Crippen LogP contribution in [0.2, 0.25) is 0 Å². The quantitative estimate of drug-likeness (QED) is 0.282. The van der Waals surface area contributed by atoms with Crippen LogP contribution in [-0.4, -0.2) is 60.4 Å². The molecule has 1 rings (SSSR count). The molecule has 2 amide bonds. The van der Waals surface area contributed by atoms with Gasteiger partial charge in [0, 0.05) is 12.5 Å². The first-order valence-corrected chi connectivity index (χ1v) is 12.1. The number of nitrogens with zero attached hydrogens (tertiary/aromatic N) is 2. The van der Waals surface area contributed by atoms with Gasteiger partial charge in [-0.1, -0.05) is 84.9 Å². The fraction of sp³-hybridized carbons (Fsp3) is 0.593. The molecule has 0 aliphatic carbocycles. The van der Waals surface area contributed by atoms with E-state index in [0.717, 1.165) is 11.1 Å². The molecule has 0 fully saturated rings. The maximum Gasteiger partial charge on any atom is 0.245 e. The molecule has 3 atom stereocenters. The number of hydrazone groups is 1. The van der Waals surface area contributed by atoms with Crippen LogP contribution in [0.25, 0.3) is 0 Å². The molecular weight excluding hydrogens is 442 g/mol. The number of nitrogens with one attached hydrogen (secondary N) is 3. The molecule has 0 bridgehead atoms. The topological polar surface area (TPSA) is 106 Å². The standard InChI is InChI=1S/C27H45N5O3/c1-18(2)21(16-19(3)17-29-31-35)32(10)25(34)23(26(4,5)6)30-24(33)22(28-9)27(7,8)20-14-12-11-13-15-20/h11-18,21-23,28,31,35H,1-10H3,(H,30,33)/b19-16+,29-17+. The van der Waals surface area contributed by atoms with Gasteiger partial charge in [-0.15, -0.1) is 0 Å². The Bertz CT molecular complexity index is 888. The van der Waals surface area contributed by atoms with E-state index in [-0.39, 0.29) is 23.8 Å². The fourth-order valence-corrected chi connectivity index (χ4v) is 4.27. The van der Waals surface area contributed by atoms with Crippen molar-refractivity contribution in [2.24, 2.45) is 16.4 Å². The molecule has 4 N–H and O–H groups in total. The normalized spacial score (nSPS) is 15.6. The smallest absolute Gasteiger partial charge is 0.245 e. The molecule has 0 aromatic heterocycles. The summed E-state index contributed by atoms with van der Waals surface area (Å²) in [5, 5.41) is 18.6. The molecule has 1 aromatic carbocycles. The lowest BCUT2D eigenvalue weighted by Gasteiger charge is -2.40. The second-order valence-corrected chi connectivity index (χ2v) is 11.1. The van der Waals surface area contributed by atoms with Crippen LogP contribution in [0.4, 0.5) is 0 Å². The van der Waals surface area contributed by atoms with Gasteiger partial charge in [0.25, 0.3) is 0 Å². The maximum absolute atomic E-state index is 13.8. The highest BCUT2D eigenvalue weighted by atomic mass is 16.5. The minimum absolute atomic E-state index is 0.118. The highest BCUT2D eigenvalue weighted by molar-refractivity contribution is 5.91. The summed E-state index contributed by atoms with van der Waals surface area (Å²) in [6.45, 7) is 15.8. The molecule has 35 heavy (non-hydrogen) atoms. The molecule has 3 unspecified atom stereocenters. The van der Waals surface area contributed by atoms with Gasteiger partial charge >= 0.3 is 0 Å². The number of likely N-dealkylation sites (N-methyl/N-ethyl adjacent to an activating group) is 2. The predicted molar refractivity (Wildman–Crippen MR) is 142 cm³/mol. The molecule has 0 spiro atoms. The zero-order valence-electron chi connectivity index (χ0n) is 23.0. The Morgan fingerprint density at radius 2 is 1.63 bits per heavy atom. The molecule has 0 saturated carbocycles. The van der Waals surface area contributed by atoms with Gasteiger partial charge in [-0.2, -0.15) is 10.7 Å². The Hall–Kier alpha value is -2.71. The maximum atomic E-state index is 13.8. The van der Waals surface area contributed by atoms with Crippen LogP contribution >= 0.6 is 0 Å². The van der Waals surface area contributed by atoms with E-state index in [1.54, 1.807) is 24.6 Å². The molecule has 0 saturated heterocycles. The Kier molecular flexibility index (Phi) is 11.1. The van der Waals surface area contributed by atoms with Crippen molar-refractivity contribution in [3.05, 3.63) is 47.5 Å². The van der Waals surface area contributed by atoms with Gasteiger partial charge in [0.1, 0.15) is 6.04 Å². The van der Waals surface area contributed by atoms with Gasteiger partial charge < -0.3 is 15.5 Å². The molecule has 196 valence electrons. The van der Waals surface area contributed by atoms with Crippen LogP contribution in [0.1, 0.15) is 61.0 Å². The summed E-state index contributed by atoms with van der Waals surface area (Å²) in [6, 6.07) is 8.39. The lowest BCUT2D eigenvalue weighted by molar-refractivity contribution is -0.140. The molecule has 0 aliphatic rings. The van der Waals surface area contributed by atoms with Crippen molar-refractivity contribution in [2.45, 2.75) is 78.9 Å². The first-order valence-electron chi connectivity index (χ1n) is 12.1. The van der Waals surface area contributed by atoms with Gasteiger partial charge in [-0.25, -0.2) is 0 Å². The molecule has 1 aromatic rings. The van der Waals surface area contributed by atoms with Crippen molar-refractivity contribution in [1.82, 2.24) is 21.1 Å². The average molecular weight is 488 g/mol. The second-order valence-electron chi connectivity index (χ2n) is 11.1. The lowest BCUT2D eigenvalue weighted by Crippen LogP contribution is -2.61. The number of carbonyl (C=O) groups is 2. The summed E-state index contributed by atoms with van der Waals surface area (Å²) >= 11 is 0. The fourth-order valence-electron chi connectivity index (χ4n) is 4.27. The Balaban J connectivity index is 3.27. The van der Waals surface area contributed by atoms with Crippen LogP contribution in [-0.2, 0) is 15.0 Å². The van der Waals surface area contributed by atoms with Gasteiger partial charge in [0.2, 0.25) is 11.8 Å². The first-order chi connectivity index (χ1) is 16.2. The minimum atomic E-state index is -0.731. The summed E-state index contributed by atoms with van der Waals surface area (Å²) < 4.78 is 0. The molecule has 8 nitrogen and oxygen atoms in total. The van der Waals surface area contributed by atoms with E-state index in [4.69, 9.17) is 5.21 Å². The van der Waals surface area contributed by atoms with Crippen LogP contribution < -0.4 is 16.2 Å². The zero-order valence-corrected chi connectivity index (χ0v) is 23.0. The van der Waals surface area contributed by atoms with Crippen molar-refractivity contribution in [3.8, 4) is 0 Å². The first kappa shape index (κ1) is 30.3. The monoisotopic (exact) mass is 487 g/mol. The summed E-state index contributed by atoms with van der Waals surface area (Å²) in [6.07, 6.45) is 3.42. The van der Waals surface area contributed by atoms with E-state index in [9.17, 15) is 9.59 Å². The van der Waals surface area contributed by atoms with E-state index in [1.807, 2.05) is 91.8 Å². The third-order valence-electron chi connectivity index (χ3n) is 6.43. The number of allylic oxidation sites excluding steroid dienone is 1. The Morgan fingerprint density at radius 3 is 2.09 bits per heavy atom. The van der Waals surface area contributed by atoms with Crippen molar-refractivity contribution in [1.29, 1.82) is 0 Å². The summed E-state index contributed by atoms with van der Waals surface area (Å²) in [7, 11) is 3.52. The van der Waals surface area contributed by atoms with Crippen LogP contribution in [0.3, 0.4) is 0 Å². The summed E-state index contributed by atoms with van der Waals surface area (Å²) in [4.78, 5) is 29.0. The minimum Gasteiger partial charge on any atom is -0.342 e. The number of hydrogen-bond acceptors (Lipinski definition) is 6. The number of amides is 2. The highest BCUT2D eigenvalue weighted by Crippen LogP contribution is 2.29. The highest BCUT2D eigenvalue weighted by Gasteiger charge is 2.41. The van der Waals surface area contributed by atoms with Gasteiger partial charge in [0.05, 0.1) is 18.3 Å².